The van der Waals surface area contributed by atoms with Crippen molar-refractivity contribution in [2.45, 2.75) is 32.8 Å². The molecule has 0 amide bonds. The monoisotopic (exact) mass is 329 g/mol. The van der Waals surface area contributed by atoms with Crippen molar-refractivity contribution in [3.8, 4) is 0 Å². The van der Waals surface area contributed by atoms with Crippen LogP contribution in [0.15, 0.2) is 9.85 Å². The van der Waals surface area contributed by atoms with E-state index in [1.54, 1.807) is 11.3 Å². The fourth-order valence-corrected chi connectivity index (χ4v) is 3.06. The van der Waals surface area contributed by atoms with Crippen LogP contribution in [0.1, 0.15) is 22.1 Å². The van der Waals surface area contributed by atoms with E-state index in [9.17, 15) is 5.11 Å². The van der Waals surface area contributed by atoms with Crippen molar-refractivity contribution >= 4 is 27.3 Å². The first kappa shape index (κ1) is 13.7. The molecule has 2 aromatic rings. The maximum Gasteiger partial charge on any atom is 0.0897 e. The fourth-order valence-electron chi connectivity index (χ4n) is 1.94. The first-order chi connectivity index (χ1) is 8.47. The molecule has 0 spiro atoms. The highest BCUT2D eigenvalue weighted by Crippen LogP contribution is 2.22. The smallest absolute Gasteiger partial charge is 0.0897 e. The van der Waals surface area contributed by atoms with Gasteiger partial charge in [0.25, 0.3) is 0 Å². The van der Waals surface area contributed by atoms with Crippen LogP contribution in [0.25, 0.3) is 0 Å². The Kier molecular flexibility index (Phi) is 4.19. The number of nitrogens with zero attached hydrogens (tertiary/aromatic N) is 3. The van der Waals surface area contributed by atoms with E-state index >= 15 is 0 Å². The van der Waals surface area contributed by atoms with Gasteiger partial charge in [0.05, 0.1) is 32.7 Å². The minimum absolute atomic E-state index is 0.433. The first-order valence-electron chi connectivity index (χ1n) is 5.74. The molecule has 0 bridgehead atoms. The summed E-state index contributed by atoms with van der Waals surface area (Å²) in [6, 6.07) is 0. The zero-order valence-electron chi connectivity index (χ0n) is 10.6. The molecule has 0 aliphatic carbocycles. The van der Waals surface area contributed by atoms with Crippen LogP contribution in [0.5, 0.6) is 0 Å². The molecular formula is C12H16BrN3OS. The highest BCUT2D eigenvalue weighted by Gasteiger charge is 2.16. The molecule has 2 heterocycles. The summed E-state index contributed by atoms with van der Waals surface area (Å²) < 4.78 is 2.80. The summed E-state index contributed by atoms with van der Waals surface area (Å²) in [5, 5.41) is 17.5. The van der Waals surface area contributed by atoms with Gasteiger partial charge in [-0.05, 0) is 29.8 Å². The number of aromatic nitrogens is 3. The lowest BCUT2D eigenvalue weighted by atomic mass is 10.1. The number of aliphatic hydroxyl groups is 1. The number of rotatable bonds is 4. The molecule has 2 rings (SSSR count). The van der Waals surface area contributed by atoms with Crippen molar-refractivity contribution < 1.29 is 5.11 Å². The molecule has 2 aromatic heterocycles. The third kappa shape index (κ3) is 2.99. The Morgan fingerprint density at radius 2 is 2.17 bits per heavy atom. The molecule has 0 saturated heterocycles. The molecule has 1 atom stereocenters. The van der Waals surface area contributed by atoms with Gasteiger partial charge in [0.1, 0.15) is 0 Å². The van der Waals surface area contributed by atoms with E-state index in [4.69, 9.17) is 0 Å². The molecule has 6 heteroatoms. The van der Waals surface area contributed by atoms with Crippen molar-refractivity contribution in [1.29, 1.82) is 0 Å². The van der Waals surface area contributed by atoms with Gasteiger partial charge in [0.2, 0.25) is 0 Å². The summed E-state index contributed by atoms with van der Waals surface area (Å²) in [5.74, 6) is 0. The molecule has 4 nitrogen and oxygen atoms in total. The van der Waals surface area contributed by atoms with Gasteiger partial charge in [-0.1, -0.05) is 0 Å². The molecule has 1 unspecified atom stereocenters. The number of aryl methyl sites for hydroxylation is 3. The maximum absolute atomic E-state index is 10.1. The summed E-state index contributed by atoms with van der Waals surface area (Å²) in [4.78, 5) is 4.37. The molecule has 0 saturated carbocycles. The number of aliphatic hydroxyl groups excluding tert-OH is 1. The van der Waals surface area contributed by atoms with Gasteiger partial charge in [0.15, 0.2) is 0 Å². The predicted octanol–water partition coefficient (Wildman–Crippen LogP) is 2.40. The number of hydrogen-bond acceptors (Lipinski definition) is 4. The van der Waals surface area contributed by atoms with E-state index in [2.05, 4.69) is 26.0 Å². The van der Waals surface area contributed by atoms with Crippen LogP contribution in [0, 0.1) is 13.8 Å². The van der Waals surface area contributed by atoms with Crippen LogP contribution < -0.4 is 0 Å². The quantitative estimate of drug-likeness (QED) is 0.937. The van der Waals surface area contributed by atoms with Crippen LogP contribution in [-0.2, 0) is 19.9 Å². The molecule has 98 valence electrons. The summed E-state index contributed by atoms with van der Waals surface area (Å²) in [6.45, 7) is 3.92. The second-order valence-electron chi connectivity index (χ2n) is 4.39. The molecule has 1 N–H and O–H groups in total. The fraction of sp³-hybridized carbons (Fsp3) is 0.500. The normalized spacial score (nSPS) is 12.9. The topological polar surface area (TPSA) is 50.9 Å². The SMILES string of the molecule is Cc1nc(CC(O)Cc2c(Br)c(C)nn2C)cs1. The van der Waals surface area contributed by atoms with E-state index < -0.39 is 6.10 Å². The first-order valence-corrected chi connectivity index (χ1v) is 7.41. The molecule has 0 aliphatic heterocycles. The zero-order chi connectivity index (χ0) is 13.3. The van der Waals surface area contributed by atoms with Crippen LogP contribution in [0.2, 0.25) is 0 Å². The lowest BCUT2D eigenvalue weighted by Gasteiger charge is -2.09. The van der Waals surface area contributed by atoms with Crippen molar-refractivity contribution in [1.82, 2.24) is 14.8 Å². The molecule has 0 fully saturated rings. The number of thiazole rings is 1. The maximum atomic E-state index is 10.1. The third-order valence-electron chi connectivity index (χ3n) is 2.80. The van der Waals surface area contributed by atoms with Crippen LogP contribution in [0.3, 0.4) is 0 Å². The van der Waals surface area contributed by atoms with Gasteiger partial charge < -0.3 is 5.11 Å². The van der Waals surface area contributed by atoms with Gasteiger partial charge >= 0.3 is 0 Å². The predicted molar refractivity (Wildman–Crippen MR) is 75.9 cm³/mol. The highest BCUT2D eigenvalue weighted by molar-refractivity contribution is 9.10. The van der Waals surface area contributed by atoms with E-state index in [0.29, 0.717) is 12.8 Å². The molecule has 18 heavy (non-hydrogen) atoms. The second kappa shape index (κ2) is 5.50. The number of hydrogen-bond donors (Lipinski definition) is 1. The van der Waals surface area contributed by atoms with Gasteiger partial charge in [0, 0.05) is 25.3 Å². The van der Waals surface area contributed by atoms with E-state index in [-0.39, 0.29) is 0 Å². The summed E-state index contributed by atoms with van der Waals surface area (Å²) in [7, 11) is 1.90. The largest absolute Gasteiger partial charge is 0.392 e. The standard InChI is InChI=1S/C12H16BrN3OS/c1-7-12(13)11(16(3)15-7)5-10(17)4-9-6-18-8(2)14-9/h6,10,17H,4-5H2,1-3H3. The Morgan fingerprint density at radius 1 is 1.44 bits per heavy atom. The Hall–Kier alpha value is -0.720. The Morgan fingerprint density at radius 3 is 2.67 bits per heavy atom. The van der Waals surface area contributed by atoms with Gasteiger partial charge in [-0.2, -0.15) is 5.10 Å². The molecule has 0 aliphatic rings. The average Bonchev–Trinajstić information content (AvgIpc) is 2.78. The zero-order valence-corrected chi connectivity index (χ0v) is 13.0. The van der Waals surface area contributed by atoms with Gasteiger partial charge in [-0.15, -0.1) is 11.3 Å². The summed E-state index contributed by atoms with van der Waals surface area (Å²) in [6.07, 6.45) is 0.729. The number of halogens is 1. The van der Waals surface area contributed by atoms with E-state index in [0.717, 1.165) is 26.6 Å². The van der Waals surface area contributed by atoms with E-state index in [1.807, 2.05) is 31.0 Å². The summed E-state index contributed by atoms with van der Waals surface area (Å²) >= 11 is 5.13. The molecule has 0 radical (unpaired) electrons. The highest BCUT2D eigenvalue weighted by atomic mass is 79.9. The third-order valence-corrected chi connectivity index (χ3v) is 4.66. The Labute approximate surface area is 119 Å². The van der Waals surface area contributed by atoms with E-state index in [1.165, 1.54) is 0 Å². The van der Waals surface area contributed by atoms with Crippen LogP contribution in [0.4, 0.5) is 0 Å². The van der Waals surface area contributed by atoms with Gasteiger partial charge in [-0.25, -0.2) is 4.98 Å². The lowest BCUT2D eigenvalue weighted by Crippen LogP contribution is -2.16. The van der Waals surface area contributed by atoms with Crippen molar-refractivity contribution in [3.05, 3.63) is 31.9 Å². The van der Waals surface area contributed by atoms with Crippen molar-refractivity contribution in [3.63, 3.8) is 0 Å². The lowest BCUT2D eigenvalue weighted by molar-refractivity contribution is 0.171. The second-order valence-corrected chi connectivity index (χ2v) is 6.24. The van der Waals surface area contributed by atoms with Crippen LogP contribution >= 0.6 is 27.3 Å². The minimum atomic E-state index is -0.433. The average molecular weight is 330 g/mol. The molecular weight excluding hydrogens is 314 g/mol. The summed E-state index contributed by atoms with van der Waals surface area (Å²) in [5.41, 5.74) is 2.93. The van der Waals surface area contributed by atoms with Crippen molar-refractivity contribution in [2.24, 2.45) is 7.05 Å². The van der Waals surface area contributed by atoms with Gasteiger partial charge in [-0.3, -0.25) is 4.68 Å². The molecule has 0 aromatic carbocycles. The Bertz CT molecular complexity index is 550. The minimum Gasteiger partial charge on any atom is -0.392 e. The Balaban J connectivity index is 2.05. The van der Waals surface area contributed by atoms with Crippen LogP contribution in [-0.4, -0.2) is 26.0 Å². The van der Waals surface area contributed by atoms with Crippen molar-refractivity contribution in [2.75, 3.05) is 0 Å².